The lowest BCUT2D eigenvalue weighted by Crippen LogP contribution is -2.30. The van der Waals surface area contributed by atoms with Crippen molar-refractivity contribution in [1.29, 1.82) is 0 Å². The first-order valence-electron chi connectivity index (χ1n) is 6.89. The summed E-state index contributed by atoms with van der Waals surface area (Å²) in [5, 5.41) is 3.64. The van der Waals surface area contributed by atoms with E-state index in [1.807, 2.05) is 12.1 Å². The highest BCUT2D eigenvalue weighted by atomic mass is 79.9. The molecule has 0 radical (unpaired) electrons. The zero-order chi connectivity index (χ0) is 13.7. The van der Waals surface area contributed by atoms with Gasteiger partial charge in [-0.15, -0.1) is 0 Å². The normalized spacial score (nSPS) is 16.4. The summed E-state index contributed by atoms with van der Waals surface area (Å²) in [4.78, 5) is 0. The fraction of sp³-hybridized carbons (Fsp3) is 0.600. The van der Waals surface area contributed by atoms with Crippen molar-refractivity contribution < 1.29 is 9.47 Å². The Morgan fingerprint density at radius 1 is 1.16 bits per heavy atom. The SMILES string of the molecule is COc1ccc(Br)c(CNC2CCCCC2)c1OC. The fourth-order valence-electron chi connectivity index (χ4n) is 2.68. The van der Waals surface area contributed by atoms with Gasteiger partial charge in [-0.05, 0) is 25.0 Å². The Bertz CT molecular complexity index is 417. The van der Waals surface area contributed by atoms with Gasteiger partial charge in [0.25, 0.3) is 0 Å². The monoisotopic (exact) mass is 327 g/mol. The topological polar surface area (TPSA) is 30.5 Å². The standard InChI is InChI=1S/C15H22BrNO2/c1-18-14-9-8-13(16)12(15(14)19-2)10-17-11-6-4-3-5-7-11/h8-9,11,17H,3-7,10H2,1-2H3. The van der Waals surface area contributed by atoms with Crippen LogP contribution in [0.3, 0.4) is 0 Å². The number of halogens is 1. The van der Waals surface area contributed by atoms with Crippen LogP contribution in [0.25, 0.3) is 0 Å². The molecule has 0 aliphatic heterocycles. The predicted octanol–water partition coefficient (Wildman–Crippen LogP) is 3.89. The van der Waals surface area contributed by atoms with Gasteiger partial charge in [0.1, 0.15) is 0 Å². The van der Waals surface area contributed by atoms with Crippen LogP contribution in [-0.2, 0) is 6.54 Å². The van der Waals surface area contributed by atoms with Gasteiger partial charge in [0, 0.05) is 22.6 Å². The molecule has 4 heteroatoms. The molecule has 1 N–H and O–H groups in total. The Balaban J connectivity index is 2.09. The van der Waals surface area contributed by atoms with Crippen LogP contribution in [0.5, 0.6) is 11.5 Å². The molecular weight excluding hydrogens is 306 g/mol. The second-order valence-electron chi connectivity index (χ2n) is 4.98. The van der Waals surface area contributed by atoms with E-state index in [1.54, 1.807) is 14.2 Å². The molecule has 0 aromatic heterocycles. The Morgan fingerprint density at radius 3 is 2.53 bits per heavy atom. The molecule has 1 fully saturated rings. The summed E-state index contributed by atoms with van der Waals surface area (Å²) in [5.74, 6) is 1.60. The third-order valence-corrected chi connectivity index (χ3v) is 4.51. The molecule has 1 aliphatic rings. The second kappa shape index (κ2) is 7.15. The minimum absolute atomic E-state index is 0.636. The summed E-state index contributed by atoms with van der Waals surface area (Å²) in [7, 11) is 3.36. The summed E-state index contributed by atoms with van der Waals surface area (Å²) >= 11 is 3.60. The quantitative estimate of drug-likeness (QED) is 0.889. The van der Waals surface area contributed by atoms with Crippen molar-refractivity contribution >= 4 is 15.9 Å². The minimum Gasteiger partial charge on any atom is -0.493 e. The van der Waals surface area contributed by atoms with E-state index >= 15 is 0 Å². The first-order chi connectivity index (χ1) is 9.26. The summed E-state index contributed by atoms with van der Waals surface area (Å²) in [6, 6.07) is 4.57. The molecule has 0 atom stereocenters. The Kier molecular flexibility index (Phi) is 5.52. The van der Waals surface area contributed by atoms with Crippen molar-refractivity contribution in [2.75, 3.05) is 14.2 Å². The van der Waals surface area contributed by atoms with Gasteiger partial charge in [-0.3, -0.25) is 0 Å². The molecule has 1 aromatic carbocycles. The molecule has 106 valence electrons. The van der Waals surface area contributed by atoms with Crippen molar-refractivity contribution in [3.8, 4) is 11.5 Å². The molecule has 0 amide bonds. The van der Waals surface area contributed by atoms with E-state index in [1.165, 1.54) is 32.1 Å². The highest BCUT2D eigenvalue weighted by Gasteiger charge is 2.17. The molecule has 2 rings (SSSR count). The molecule has 0 bridgehead atoms. The van der Waals surface area contributed by atoms with E-state index in [0.29, 0.717) is 6.04 Å². The van der Waals surface area contributed by atoms with Crippen LogP contribution in [0.2, 0.25) is 0 Å². The highest BCUT2D eigenvalue weighted by Crippen LogP contribution is 2.36. The average Bonchev–Trinajstić information content (AvgIpc) is 2.46. The number of methoxy groups -OCH3 is 2. The summed E-state index contributed by atoms with van der Waals surface area (Å²) in [5.41, 5.74) is 1.13. The van der Waals surface area contributed by atoms with E-state index < -0.39 is 0 Å². The van der Waals surface area contributed by atoms with E-state index in [2.05, 4.69) is 21.2 Å². The van der Waals surface area contributed by atoms with Crippen molar-refractivity contribution in [3.63, 3.8) is 0 Å². The molecule has 1 saturated carbocycles. The third-order valence-electron chi connectivity index (χ3n) is 3.76. The number of ether oxygens (including phenoxy) is 2. The van der Waals surface area contributed by atoms with Gasteiger partial charge in [0.2, 0.25) is 0 Å². The smallest absolute Gasteiger partial charge is 0.166 e. The Morgan fingerprint density at radius 2 is 1.89 bits per heavy atom. The molecule has 3 nitrogen and oxygen atoms in total. The molecule has 0 unspecified atom stereocenters. The summed E-state index contributed by atoms with van der Waals surface area (Å²) in [6.45, 7) is 0.811. The van der Waals surface area contributed by atoms with Crippen molar-refractivity contribution in [2.24, 2.45) is 0 Å². The average molecular weight is 328 g/mol. The molecular formula is C15H22BrNO2. The van der Waals surface area contributed by atoms with Crippen LogP contribution < -0.4 is 14.8 Å². The van der Waals surface area contributed by atoms with Crippen molar-refractivity contribution in [2.45, 2.75) is 44.7 Å². The molecule has 1 aromatic rings. The zero-order valence-corrected chi connectivity index (χ0v) is 13.3. The van der Waals surface area contributed by atoms with Crippen LogP contribution in [-0.4, -0.2) is 20.3 Å². The number of nitrogens with one attached hydrogen (secondary N) is 1. The maximum absolute atomic E-state index is 5.49. The van der Waals surface area contributed by atoms with Crippen LogP contribution in [0, 0.1) is 0 Å². The van der Waals surface area contributed by atoms with Gasteiger partial charge in [0.05, 0.1) is 14.2 Å². The molecule has 1 aliphatic carbocycles. The van der Waals surface area contributed by atoms with Gasteiger partial charge in [-0.2, -0.15) is 0 Å². The Labute approximate surface area is 123 Å². The third kappa shape index (κ3) is 3.63. The fourth-order valence-corrected chi connectivity index (χ4v) is 3.14. The Hall–Kier alpha value is -0.740. The minimum atomic E-state index is 0.636. The molecule has 0 heterocycles. The first-order valence-corrected chi connectivity index (χ1v) is 7.68. The van der Waals surface area contributed by atoms with E-state index in [-0.39, 0.29) is 0 Å². The van der Waals surface area contributed by atoms with Crippen LogP contribution in [0.15, 0.2) is 16.6 Å². The second-order valence-corrected chi connectivity index (χ2v) is 5.83. The van der Waals surface area contributed by atoms with Crippen LogP contribution in [0.1, 0.15) is 37.7 Å². The maximum atomic E-state index is 5.49. The zero-order valence-electron chi connectivity index (χ0n) is 11.7. The van der Waals surface area contributed by atoms with Gasteiger partial charge in [0.15, 0.2) is 11.5 Å². The van der Waals surface area contributed by atoms with E-state index in [0.717, 1.165) is 28.1 Å². The van der Waals surface area contributed by atoms with Crippen LogP contribution >= 0.6 is 15.9 Å². The first kappa shape index (κ1) is 14.7. The van der Waals surface area contributed by atoms with Gasteiger partial charge in [-0.1, -0.05) is 35.2 Å². The van der Waals surface area contributed by atoms with Crippen molar-refractivity contribution in [3.05, 3.63) is 22.2 Å². The maximum Gasteiger partial charge on any atom is 0.166 e. The van der Waals surface area contributed by atoms with Gasteiger partial charge in [-0.25, -0.2) is 0 Å². The highest BCUT2D eigenvalue weighted by molar-refractivity contribution is 9.10. The molecule has 0 saturated heterocycles. The predicted molar refractivity (Wildman–Crippen MR) is 81.0 cm³/mol. The lowest BCUT2D eigenvalue weighted by molar-refractivity contribution is 0.343. The lowest BCUT2D eigenvalue weighted by atomic mass is 9.95. The van der Waals surface area contributed by atoms with Crippen LogP contribution in [0.4, 0.5) is 0 Å². The van der Waals surface area contributed by atoms with Crippen molar-refractivity contribution in [1.82, 2.24) is 5.32 Å². The number of hydrogen-bond donors (Lipinski definition) is 1. The molecule has 0 spiro atoms. The largest absolute Gasteiger partial charge is 0.493 e. The summed E-state index contributed by atoms with van der Waals surface area (Å²) in [6.07, 6.45) is 6.63. The number of benzene rings is 1. The lowest BCUT2D eigenvalue weighted by Gasteiger charge is -2.24. The number of hydrogen-bond acceptors (Lipinski definition) is 3. The van der Waals surface area contributed by atoms with Gasteiger partial charge < -0.3 is 14.8 Å². The number of rotatable bonds is 5. The van der Waals surface area contributed by atoms with Gasteiger partial charge >= 0.3 is 0 Å². The van der Waals surface area contributed by atoms with E-state index in [9.17, 15) is 0 Å². The van der Waals surface area contributed by atoms with E-state index in [4.69, 9.17) is 9.47 Å². The molecule has 19 heavy (non-hydrogen) atoms. The summed E-state index contributed by atoms with van der Waals surface area (Å²) < 4.78 is 11.9.